The van der Waals surface area contributed by atoms with Crippen molar-refractivity contribution in [2.75, 3.05) is 20.2 Å². The van der Waals surface area contributed by atoms with E-state index in [0.717, 1.165) is 35.2 Å². The number of H-pyrrole nitrogens is 2. The molecular weight excluding hydrogens is 364 g/mol. The fraction of sp³-hybridized carbons (Fsp3) is 0.421. The molecule has 0 bridgehead atoms. The van der Waals surface area contributed by atoms with Crippen LogP contribution in [0.5, 0.6) is 5.75 Å². The van der Waals surface area contributed by atoms with Crippen molar-refractivity contribution >= 4 is 20.9 Å². The standard InChI is InChI=1S/C19H24N4O3S/c1-12-19(13(2)22-21-12)27(24,25)23-8-4-5-14(11-23)18-10-15-9-16(26-3)6-7-17(15)20-18/h6-7,9-10,14,20H,4-5,8,11H2,1-3H3,(H,21,22). The lowest BCUT2D eigenvalue weighted by molar-refractivity contribution is 0.313. The Morgan fingerprint density at radius 2 is 2.07 bits per heavy atom. The molecule has 1 unspecified atom stereocenters. The average Bonchev–Trinajstić information content (AvgIpc) is 3.24. The van der Waals surface area contributed by atoms with E-state index in [1.165, 1.54) is 0 Å². The Hall–Kier alpha value is -2.32. The smallest absolute Gasteiger partial charge is 0.246 e. The summed E-state index contributed by atoms with van der Waals surface area (Å²) in [6, 6.07) is 8.01. The van der Waals surface area contributed by atoms with Crippen molar-refractivity contribution in [3.8, 4) is 5.75 Å². The van der Waals surface area contributed by atoms with Crippen LogP contribution in [0.15, 0.2) is 29.2 Å². The quantitative estimate of drug-likeness (QED) is 0.718. The molecule has 1 saturated heterocycles. The van der Waals surface area contributed by atoms with Gasteiger partial charge in [0.05, 0.1) is 18.5 Å². The molecule has 7 nitrogen and oxygen atoms in total. The van der Waals surface area contributed by atoms with Gasteiger partial charge in [0, 0.05) is 35.6 Å². The molecule has 1 aliphatic rings. The number of nitrogens with one attached hydrogen (secondary N) is 2. The van der Waals surface area contributed by atoms with Crippen molar-refractivity contribution < 1.29 is 13.2 Å². The summed E-state index contributed by atoms with van der Waals surface area (Å²) in [5, 5.41) is 7.91. The van der Waals surface area contributed by atoms with Crippen molar-refractivity contribution in [2.45, 2.75) is 37.5 Å². The normalized spacial score (nSPS) is 18.9. The number of ether oxygens (including phenoxy) is 1. The first kappa shape index (κ1) is 18.1. The third-order valence-electron chi connectivity index (χ3n) is 5.33. The van der Waals surface area contributed by atoms with E-state index in [9.17, 15) is 8.42 Å². The van der Waals surface area contributed by atoms with E-state index >= 15 is 0 Å². The number of aromatic amines is 2. The fourth-order valence-electron chi connectivity index (χ4n) is 3.94. The molecule has 0 amide bonds. The van der Waals surface area contributed by atoms with Crippen LogP contribution < -0.4 is 4.74 Å². The third-order valence-corrected chi connectivity index (χ3v) is 7.46. The van der Waals surface area contributed by atoms with Crippen molar-refractivity contribution in [2.24, 2.45) is 0 Å². The number of sulfonamides is 1. The third kappa shape index (κ3) is 3.12. The van der Waals surface area contributed by atoms with Crippen LogP contribution >= 0.6 is 0 Å². The lowest BCUT2D eigenvalue weighted by Gasteiger charge is -2.31. The first-order valence-electron chi connectivity index (χ1n) is 9.08. The highest BCUT2D eigenvalue weighted by atomic mass is 32.2. The Morgan fingerprint density at radius 1 is 1.26 bits per heavy atom. The van der Waals surface area contributed by atoms with Gasteiger partial charge in [-0.2, -0.15) is 9.40 Å². The molecule has 3 heterocycles. The lowest BCUT2D eigenvalue weighted by atomic mass is 9.96. The van der Waals surface area contributed by atoms with Crippen LogP contribution in [0.4, 0.5) is 0 Å². The van der Waals surface area contributed by atoms with Crippen LogP contribution in [0.1, 0.15) is 35.8 Å². The lowest BCUT2D eigenvalue weighted by Crippen LogP contribution is -2.39. The maximum atomic E-state index is 13.2. The summed E-state index contributed by atoms with van der Waals surface area (Å²) in [5.74, 6) is 0.950. The van der Waals surface area contributed by atoms with Gasteiger partial charge in [-0.3, -0.25) is 5.10 Å². The van der Waals surface area contributed by atoms with E-state index in [0.29, 0.717) is 29.4 Å². The number of methoxy groups -OCH3 is 1. The summed E-state index contributed by atoms with van der Waals surface area (Å²) in [7, 11) is -1.90. The maximum Gasteiger partial charge on any atom is 0.246 e. The number of rotatable bonds is 4. The molecule has 1 aliphatic heterocycles. The highest BCUT2D eigenvalue weighted by molar-refractivity contribution is 7.89. The SMILES string of the molecule is COc1ccc2[nH]c(C3CCCN(S(=O)(=O)c4c(C)n[nH]c4C)C3)cc2c1. The number of fused-ring (bicyclic) bond motifs is 1. The number of nitrogens with zero attached hydrogens (tertiary/aromatic N) is 2. The van der Waals surface area contributed by atoms with E-state index in [1.54, 1.807) is 25.3 Å². The molecule has 3 aromatic rings. The van der Waals surface area contributed by atoms with Crippen LogP contribution in [0, 0.1) is 13.8 Å². The second-order valence-electron chi connectivity index (χ2n) is 7.14. The van der Waals surface area contributed by atoms with E-state index in [2.05, 4.69) is 21.2 Å². The van der Waals surface area contributed by atoms with Gasteiger partial charge in [-0.25, -0.2) is 8.42 Å². The summed E-state index contributed by atoms with van der Waals surface area (Å²) in [6.07, 6.45) is 1.79. The number of aryl methyl sites for hydroxylation is 2. The predicted molar refractivity (Wildman–Crippen MR) is 104 cm³/mol. The molecule has 0 radical (unpaired) electrons. The second kappa shape index (κ2) is 6.69. The Balaban J connectivity index is 1.63. The number of hydrogen-bond donors (Lipinski definition) is 2. The van der Waals surface area contributed by atoms with Gasteiger partial charge in [0.25, 0.3) is 0 Å². The Morgan fingerprint density at radius 3 is 2.78 bits per heavy atom. The summed E-state index contributed by atoms with van der Waals surface area (Å²) < 4.78 is 33.2. The van der Waals surface area contributed by atoms with Crippen LogP contribution in [0.2, 0.25) is 0 Å². The largest absolute Gasteiger partial charge is 0.497 e. The monoisotopic (exact) mass is 388 g/mol. The number of aromatic nitrogens is 3. The minimum absolute atomic E-state index is 0.138. The second-order valence-corrected chi connectivity index (χ2v) is 9.02. The molecule has 27 heavy (non-hydrogen) atoms. The van der Waals surface area contributed by atoms with Crippen molar-refractivity contribution in [1.29, 1.82) is 0 Å². The van der Waals surface area contributed by atoms with Gasteiger partial charge in [0.15, 0.2) is 0 Å². The van der Waals surface area contributed by atoms with E-state index in [4.69, 9.17) is 4.74 Å². The first-order valence-corrected chi connectivity index (χ1v) is 10.5. The molecule has 1 atom stereocenters. The van der Waals surface area contributed by atoms with Gasteiger partial charge in [0.1, 0.15) is 10.6 Å². The summed E-state index contributed by atoms with van der Waals surface area (Å²) >= 11 is 0. The molecule has 1 fully saturated rings. The van der Waals surface area contributed by atoms with Crippen LogP contribution in [0.3, 0.4) is 0 Å². The zero-order valence-electron chi connectivity index (χ0n) is 15.7. The Bertz CT molecular complexity index is 1060. The predicted octanol–water partition coefficient (Wildman–Crippen LogP) is 3.08. The maximum absolute atomic E-state index is 13.2. The van der Waals surface area contributed by atoms with Gasteiger partial charge in [0.2, 0.25) is 10.0 Å². The molecule has 0 spiro atoms. The average molecular weight is 388 g/mol. The van der Waals surface area contributed by atoms with Gasteiger partial charge in [-0.1, -0.05) is 0 Å². The van der Waals surface area contributed by atoms with Gasteiger partial charge in [-0.15, -0.1) is 0 Å². The molecule has 0 saturated carbocycles. The Kier molecular flexibility index (Phi) is 4.47. The minimum atomic E-state index is -3.56. The summed E-state index contributed by atoms with van der Waals surface area (Å²) in [5.41, 5.74) is 3.21. The molecule has 0 aliphatic carbocycles. The van der Waals surface area contributed by atoms with Crippen LogP contribution in [-0.2, 0) is 10.0 Å². The highest BCUT2D eigenvalue weighted by Gasteiger charge is 2.34. The molecule has 1 aromatic carbocycles. The van der Waals surface area contributed by atoms with E-state index < -0.39 is 10.0 Å². The molecular formula is C19H24N4O3S. The summed E-state index contributed by atoms with van der Waals surface area (Å²) in [4.78, 5) is 3.76. The molecule has 8 heteroatoms. The molecule has 2 aromatic heterocycles. The van der Waals surface area contributed by atoms with Crippen molar-refractivity contribution in [3.05, 3.63) is 41.3 Å². The van der Waals surface area contributed by atoms with Crippen molar-refractivity contribution in [1.82, 2.24) is 19.5 Å². The van der Waals surface area contributed by atoms with Crippen LogP contribution in [0.25, 0.3) is 10.9 Å². The van der Waals surface area contributed by atoms with Crippen molar-refractivity contribution in [3.63, 3.8) is 0 Å². The summed E-state index contributed by atoms with van der Waals surface area (Å²) in [6.45, 7) is 4.48. The highest BCUT2D eigenvalue weighted by Crippen LogP contribution is 2.33. The van der Waals surface area contributed by atoms with Crippen LogP contribution in [-0.4, -0.2) is 48.1 Å². The Labute approximate surface area is 158 Å². The first-order chi connectivity index (χ1) is 12.9. The van der Waals surface area contributed by atoms with E-state index in [-0.39, 0.29) is 5.92 Å². The minimum Gasteiger partial charge on any atom is -0.497 e. The van der Waals surface area contributed by atoms with E-state index in [1.807, 2.05) is 18.2 Å². The zero-order chi connectivity index (χ0) is 19.2. The number of benzene rings is 1. The number of piperidine rings is 1. The van der Waals surface area contributed by atoms with Gasteiger partial charge >= 0.3 is 0 Å². The number of hydrogen-bond acceptors (Lipinski definition) is 4. The molecule has 4 rings (SSSR count). The van der Waals surface area contributed by atoms with Gasteiger partial charge < -0.3 is 9.72 Å². The zero-order valence-corrected chi connectivity index (χ0v) is 16.6. The molecule has 144 valence electrons. The van der Waals surface area contributed by atoms with Gasteiger partial charge in [-0.05, 0) is 51.0 Å². The molecule has 2 N–H and O–H groups in total. The fourth-order valence-corrected chi connectivity index (χ4v) is 5.80. The topological polar surface area (TPSA) is 91.1 Å².